The predicted molar refractivity (Wildman–Crippen MR) is 143 cm³/mol. The zero-order valence-corrected chi connectivity index (χ0v) is 21.6. The van der Waals surface area contributed by atoms with Gasteiger partial charge in [-0.2, -0.15) is 5.10 Å². The highest BCUT2D eigenvalue weighted by Gasteiger charge is 2.63. The molecule has 2 N–H and O–H groups in total. The maximum atomic E-state index is 12.8. The zero-order chi connectivity index (χ0) is 24.5. The fourth-order valence-electron chi connectivity index (χ4n) is 6.25. The first-order chi connectivity index (χ1) is 17.4. The number of pyridine rings is 2. The van der Waals surface area contributed by atoms with Gasteiger partial charge in [-0.05, 0) is 58.1 Å². The Labute approximate surface area is 215 Å². The Morgan fingerprint density at radius 1 is 1.08 bits per heavy atom. The van der Waals surface area contributed by atoms with Crippen molar-refractivity contribution < 1.29 is 4.79 Å². The standard InChI is InChI=1S/C27H31N7OS/c1-26(2)27(36-26)9-5-10-33(16-27)17-7-8-22(28-12-17)32-20-15-29-24(19-13-30-25(35)23(19)20)18-14-31-34-11-4-3-6-21(18)34/h7-8,12,14-15H,3-6,9-11,13,16H2,1-2H3,(H,28,32)(H,30,35). The molecule has 4 aliphatic rings. The van der Waals surface area contributed by atoms with Gasteiger partial charge < -0.3 is 15.5 Å². The minimum absolute atomic E-state index is 0.0723. The van der Waals surface area contributed by atoms with Crippen molar-refractivity contribution in [2.75, 3.05) is 23.3 Å². The fourth-order valence-corrected chi connectivity index (χ4v) is 7.81. The topological polar surface area (TPSA) is 88.0 Å². The lowest BCUT2D eigenvalue weighted by Gasteiger charge is -2.35. The van der Waals surface area contributed by atoms with Gasteiger partial charge in [0.2, 0.25) is 0 Å². The molecule has 0 aliphatic carbocycles. The quantitative estimate of drug-likeness (QED) is 0.508. The lowest BCUT2D eigenvalue weighted by Crippen LogP contribution is -2.43. The molecular formula is C27H31N7OS. The van der Waals surface area contributed by atoms with Crippen LogP contribution in [0.4, 0.5) is 17.2 Å². The number of rotatable bonds is 4. The van der Waals surface area contributed by atoms with E-state index in [4.69, 9.17) is 9.97 Å². The van der Waals surface area contributed by atoms with Gasteiger partial charge in [0, 0.05) is 52.5 Å². The number of piperidine rings is 1. The van der Waals surface area contributed by atoms with Crippen LogP contribution in [0, 0.1) is 0 Å². The van der Waals surface area contributed by atoms with Crippen molar-refractivity contribution in [1.82, 2.24) is 25.1 Å². The Hall–Kier alpha value is -3.07. The Morgan fingerprint density at radius 2 is 1.97 bits per heavy atom. The highest BCUT2D eigenvalue weighted by atomic mass is 32.2. The van der Waals surface area contributed by atoms with Crippen molar-refractivity contribution in [3.63, 3.8) is 0 Å². The second-order valence-corrected chi connectivity index (χ2v) is 12.9. The van der Waals surface area contributed by atoms with Gasteiger partial charge in [0.05, 0.1) is 41.2 Å². The maximum Gasteiger partial charge on any atom is 0.254 e. The first kappa shape index (κ1) is 22.2. The van der Waals surface area contributed by atoms with E-state index in [1.54, 1.807) is 6.20 Å². The SMILES string of the molecule is CC1(C)SC12CCCN(c1ccc(Nc3cnc(-c4cnn5c4CCCC5)c4c3C(=O)NC4)nc1)C2. The summed E-state index contributed by atoms with van der Waals surface area (Å²) in [6.45, 7) is 8.31. The molecule has 0 saturated carbocycles. The average Bonchev–Trinajstić information content (AvgIpc) is 3.22. The summed E-state index contributed by atoms with van der Waals surface area (Å²) in [5, 5.41) is 10.9. The van der Waals surface area contributed by atoms with Crippen LogP contribution in [0.15, 0.2) is 30.7 Å². The highest BCUT2D eigenvalue weighted by Crippen LogP contribution is 2.67. The molecule has 186 valence electrons. The summed E-state index contributed by atoms with van der Waals surface area (Å²) in [5.74, 6) is 0.642. The number of aryl methyl sites for hydroxylation is 1. The van der Waals surface area contributed by atoms with Gasteiger partial charge in [-0.15, -0.1) is 11.8 Å². The largest absolute Gasteiger partial charge is 0.369 e. The monoisotopic (exact) mass is 501 g/mol. The van der Waals surface area contributed by atoms with E-state index in [0.29, 0.717) is 33.1 Å². The number of carbonyl (C=O) groups is 1. The van der Waals surface area contributed by atoms with E-state index in [1.807, 2.05) is 18.5 Å². The van der Waals surface area contributed by atoms with Crippen LogP contribution in [0.1, 0.15) is 61.1 Å². The van der Waals surface area contributed by atoms with E-state index in [1.165, 1.54) is 18.5 Å². The van der Waals surface area contributed by atoms with E-state index < -0.39 is 0 Å². The highest BCUT2D eigenvalue weighted by molar-refractivity contribution is 8.09. The minimum atomic E-state index is -0.0723. The van der Waals surface area contributed by atoms with Crippen LogP contribution >= 0.6 is 11.8 Å². The molecule has 0 radical (unpaired) electrons. The molecule has 36 heavy (non-hydrogen) atoms. The maximum absolute atomic E-state index is 12.8. The van der Waals surface area contributed by atoms with Crippen LogP contribution < -0.4 is 15.5 Å². The third-order valence-electron chi connectivity index (χ3n) is 8.41. The summed E-state index contributed by atoms with van der Waals surface area (Å²) in [6.07, 6.45) is 11.5. The van der Waals surface area contributed by atoms with Crippen LogP contribution in [-0.4, -0.2) is 48.2 Å². The predicted octanol–water partition coefficient (Wildman–Crippen LogP) is 4.53. The van der Waals surface area contributed by atoms with E-state index in [9.17, 15) is 4.79 Å². The third kappa shape index (κ3) is 3.43. The fraction of sp³-hybridized carbons (Fsp3) is 0.481. The second kappa shape index (κ2) is 7.96. The van der Waals surface area contributed by atoms with E-state index in [2.05, 4.69) is 57.0 Å². The number of nitrogens with zero attached hydrogens (tertiary/aromatic N) is 5. The van der Waals surface area contributed by atoms with E-state index >= 15 is 0 Å². The molecule has 1 atom stereocenters. The molecule has 7 heterocycles. The van der Waals surface area contributed by atoms with Crippen molar-refractivity contribution in [1.29, 1.82) is 0 Å². The van der Waals surface area contributed by atoms with Crippen molar-refractivity contribution in [3.05, 3.63) is 47.5 Å². The molecule has 1 amide bonds. The van der Waals surface area contributed by atoms with Gasteiger partial charge in [0.25, 0.3) is 5.91 Å². The zero-order valence-electron chi connectivity index (χ0n) is 20.8. The van der Waals surface area contributed by atoms with Gasteiger partial charge in [0.1, 0.15) is 5.82 Å². The van der Waals surface area contributed by atoms with Gasteiger partial charge in [-0.3, -0.25) is 14.5 Å². The van der Waals surface area contributed by atoms with Gasteiger partial charge in [0.15, 0.2) is 0 Å². The lowest BCUT2D eigenvalue weighted by atomic mass is 9.88. The molecular weight excluding hydrogens is 470 g/mol. The molecule has 2 saturated heterocycles. The van der Waals surface area contributed by atoms with Crippen molar-refractivity contribution in [3.8, 4) is 11.3 Å². The number of nitrogens with one attached hydrogen (secondary N) is 2. The number of anilines is 3. The summed E-state index contributed by atoms with van der Waals surface area (Å²) in [4.78, 5) is 24.8. The van der Waals surface area contributed by atoms with Crippen molar-refractivity contribution in [2.24, 2.45) is 0 Å². The number of amides is 1. The summed E-state index contributed by atoms with van der Waals surface area (Å²) in [5.41, 5.74) is 6.58. The second-order valence-electron chi connectivity index (χ2n) is 10.9. The first-order valence-electron chi connectivity index (χ1n) is 13.0. The summed E-state index contributed by atoms with van der Waals surface area (Å²) in [7, 11) is 0. The molecule has 0 aromatic carbocycles. The molecule has 3 aromatic rings. The Morgan fingerprint density at radius 3 is 2.78 bits per heavy atom. The molecule has 9 heteroatoms. The minimum Gasteiger partial charge on any atom is -0.369 e. The summed E-state index contributed by atoms with van der Waals surface area (Å²) >= 11 is 2.11. The van der Waals surface area contributed by atoms with Gasteiger partial charge in [-0.25, -0.2) is 4.98 Å². The smallest absolute Gasteiger partial charge is 0.254 e. The number of aromatic nitrogens is 4. The van der Waals surface area contributed by atoms with E-state index in [0.717, 1.165) is 61.4 Å². The molecule has 7 rings (SSSR count). The molecule has 2 fully saturated rings. The number of thioether (sulfide) groups is 1. The molecule has 4 aliphatic heterocycles. The van der Waals surface area contributed by atoms with Crippen LogP contribution in [0.25, 0.3) is 11.3 Å². The van der Waals surface area contributed by atoms with Crippen LogP contribution in [0.2, 0.25) is 0 Å². The summed E-state index contributed by atoms with van der Waals surface area (Å²) in [6, 6.07) is 4.14. The number of fused-ring (bicyclic) bond motifs is 2. The Kier molecular flexibility index (Phi) is 4.90. The molecule has 0 bridgehead atoms. The molecule has 8 nitrogen and oxygen atoms in total. The first-order valence-corrected chi connectivity index (χ1v) is 13.8. The molecule has 1 spiro atoms. The molecule has 3 aromatic heterocycles. The Bertz CT molecular complexity index is 1370. The number of carbonyl (C=O) groups excluding carboxylic acids is 1. The van der Waals surface area contributed by atoms with Crippen molar-refractivity contribution in [2.45, 2.75) is 68.5 Å². The number of hydrogen-bond acceptors (Lipinski definition) is 7. The Balaban J connectivity index is 1.15. The van der Waals surface area contributed by atoms with Crippen molar-refractivity contribution >= 4 is 34.9 Å². The van der Waals surface area contributed by atoms with Crippen LogP contribution in [-0.2, 0) is 19.5 Å². The lowest BCUT2D eigenvalue weighted by molar-refractivity contribution is 0.0966. The van der Waals surface area contributed by atoms with Crippen LogP contribution in [0.5, 0.6) is 0 Å². The third-order valence-corrected chi connectivity index (χ3v) is 10.3. The van der Waals surface area contributed by atoms with E-state index in [-0.39, 0.29) is 5.91 Å². The van der Waals surface area contributed by atoms with Gasteiger partial charge in [-0.1, -0.05) is 0 Å². The van der Waals surface area contributed by atoms with Crippen LogP contribution in [0.3, 0.4) is 0 Å². The number of hydrogen-bond donors (Lipinski definition) is 2. The normalized spacial score (nSPS) is 23.8. The molecule has 1 unspecified atom stereocenters. The summed E-state index contributed by atoms with van der Waals surface area (Å²) < 4.78 is 2.84. The average molecular weight is 502 g/mol. The van der Waals surface area contributed by atoms with Gasteiger partial charge >= 0.3 is 0 Å².